The lowest BCUT2D eigenvalue weighted by atomic mass is 9.77. The zero-order chi connectivity index (χ0) is 14.9. The maximum atomic E-state index is 13.7. The van der Waals surface area contributed by atoms with Crippen molar-refractivity contribution in [3.05, 3.63) is 47.4 Å². The van der Waals surface area contributed by atoms with Crippen molar-refractivity contribution in [2.75, 3.05) is 6.54 Å². The lowest BCUT2D eigenvalue weighted by molar-refractivity contribution is 0.146. The standard InChI is InChI=1S/C16H20FN3O/c1-16(2)8-5-9-18-14(16)15-19-13(20-21-15)10-11-6-3-4-7-12(11)17/h3-4,6-7,14,18H,5,8-10H2,1-2H3. The van der Waals surface area contributed by atoms with Crippen molar-refractivity contribution in [3.8, 4) is 0 Å². The second-order valence-corrected chi connectivity index (χ2v) is 6.30. The quantitative estimate of drug-likeness (QED) is 0.942. The van der Waals surface area contributed by atoms with Crippen LogP contribution in [0.15, 0.2) is 28.8 Å². The van der Waals surface area contributed by atoms with Crippen LogP contribution in [-0.2, 0) is 6.42 Å². The van der Waals surface area contributed by atoms with Gasteiger partial charge in [-0.2, -0.15) is 4.98 Å². The van der Waals surface area contributed by atoms with E-state index in [-0.39, 0.29) is 17.3 Å². The molecule has 1 aromatic carbocycles. The molecule has 0 spiro atoms. The Morgan fingerprint density at radius 2 is 2.19 bits per heavy atom. The molecule has 1 N–H and O–H groups in total. The van der Waals surface area contributed by atoms with Crippen LogP contribution in [0.5, 0.6) is 0 Å². The largest absolute Gasteiger partial charge is 0.338 e. The molecule has 1 atom stereocenters. The third kappa shape index (κ3) is 2.97. The summed E-state index contributed by atoms with van der Waals surface area (Å²) in [5.41, 5.74) is 0.667. The minimum absolute atomic E-state index is 0.0631. The van der Waals surface area contributed by atoms with E-state index in [4.69, 9.17) is 4.52 Å². The number of halogens is 1. The SMILES string of the molecule is CC1(C)CCCNC1c1nc(Cc2ccccc2F)no1. The van der Waals surface area contributed by atoms with E-state index < -0.39 is 0 Å². The van der Waals surface area contributed by atoms with Gasteiger partial charge in [0.1, 0.15) is 5.82 Å². The predicted octanol–water partition coefficient (Wildman–Crippen LogP) is 3.25. The Bertz CT molecular complexity index is 623. The minimum atomic E-state index is -0.236. The molecule has 3 rings (SSSR count). The Hall–Kier alpha value is -1.75. The number of hydrogen-bond donors (Lipinski definition) is 1. The lowest BCUT2D eigenvalue weighted by Crippen LogP contribution is -2.39. The zero-order valence-corrected chi connectivity index (χ0v) is 12.4. The van der Waals surface area contributed by atoms with Crippen LogP contribution in [0.3, 0.4) is 0 Å². The molecule has 0 aliphatic carbocycles. The first-order valence-corrected chi connectivity index (χ1v) is 7.35. The average molecular weight is 289 g/mol. The summed E-state index contributed by atoms with van der Waals surface area (Å²) >= 11 is 0. The van der Waals surface area contributed by atoms with E-state index in [1.165, 1.54) is 6.07 Å². The van der Waals surface area contributed by atoms with Crippen molar-refractivity contribution in [2.45, 2.75) is 39.2 Å². The fourth-order valence-electron chi connectivity index (χ4n) is 2.90. The van der Waals surface area contributed by atoms with E-state index in [1.807, 2.05) is 6.07 Å². The van der Waals surface area contributed by atoms with E-state index in [9.17, 15) is 4.39 Å². The van der Waals surface area contributed by atoms with E-state index in [0.29, 0.717) is 23.7 Å². The summed E-state index contributed by atoms with van der Waals surface area (Å²) < 4.78 is 19.1. The fraction of sp³-hybridized carbons (Fsp3) is 0.500. The van der Waals surface area contributed by atoms with Gasteiger partial charge in [0, 0.05) is 6.42 Å². The molecule has 21 heavy (non-hydrogen) atoms. The van der Waals surface area contributed by atoms with Crippen molar-refractivity contribution in [3.63, 3.8) is 0 Å². The van der Waals surface area contributed by atoms with Crippen molar-refractivity contribution in [1.29, 1.82) is 0 Å². The maximum Gasteiger partial charge on any atom is 0.244 e. The summed E-state index contributed by atoms with van der Waals surface area (Å²) in [6, 6.07) is 6.74. The third-order valence-electron chi connectivity index (χ3n) is 4.16. The number of hydrogen-bond acceptors (Lipinski definition) is 4. The summed E-state index contributed by atoms with van der Waals surface area (Å²) in [6.07, 6.45) is 2.62. The van der Waals surface area contributed by atoms with Crippen LogP contribution in [0, 0.1) is 11.2 Å². The highest BCUT2D eigenvalue weighted by molar-refractivity contribution is 5.20. The summed E-state index contributed by atoms with van der Waals surface area (Å²) in [6.45, 7) is 5.36. The van der Waals surface area contributed by atoms with E-state index in [0.717, 1.165) is 19.4 Å². The molecular weight excluding hydrogens is 269 g/mol. The molecule has 1 aromatic heterocycles. The molecule has 2 heterocycles. The van der Waals surface area contributed by atoms with Crippen molar-refractivity contribution < 1.29 is 8.91 Å². The second-order valence-electron chi connectivity index (χ2n) is 6.30. The maximum absolute atomic E-state index is 13.7. The average Bonchev–Trinajstić information content (AvgIpc) is 2.89. The molecule has 5 heteroatoms. The molecule has 1 aliphatic rings. The number of benzene rings is 1. The highest BCUT2D eigenvalue weighted by Gasteiger charge is 2.36. The van der Waals surface area contributed by atoms with E-state index >= 15 is 0 Å². The fourth-order valence-corrected chi connectivity index (χ4v) is 2.90. The Balaban J connectivity index is 1.79. The number of aromatic nitrogens is 2. The molecule has 0 saturated carbocycles. The highest BCUT2D eigenvalue weighted by Crippen LogP contribution is 2.39. The predicted molar refractivity (Wildman–Crippen MR) is 77.3 cm³/mol. The van der Waals surface area contributed by atoms with Crippen molar-refractivity contribution in [2.24, 2.45) is 5.41 Å². The third-order valence-corrected chi connectivity index (χ3v) is 4.16. The molecule has 1 aliphatic heterocycles. The molecule has 0 amide bonds. The molecule has 112 valence electrons. The summed E-state index contributed by atoms with van der Waals surface area (Å²) in [5.74, 6) is 0.893. The van der Waals surface area contributed by atoms with Crippen LogP contribution in [0.25, 0.3) is 0 Å². The molecule has 1 saturated heterocycles. The van der Waals surface area contributed by atoms with Crippen LogP contribution in [0.1, 0.15) is 50.0 Å². The Kier molecular flexibility index (Phi) is 3.76. The Morgan fingerprint density at radius 1 is 1.38 bits per heavy atom. The van der Waals surface area contributed by atoms with Gasteiger partial charge in [-0.1, -0.05) is 37.2 Å². The molecular formula is C16H20FN3O. The van der Waals surface area contributed by atoms with Gasteiger partial charge in [0.05, 0.1) is 6.04 Å². The van der Waals surface area contributed by atoms with Gasteiger partial charge in [0.15, 0.2) is 5.82 Å². The summed E-state index contributed by atoms with van der Waals surface area (Å²) in [5, 5.41) is 7.44. The second kappa shape index (κ2) is 5.56. The first kappa shape index (κ1) is 14.2. The Morgan fingerprint density at radius 3 is 2.95 bits per heavy atom. The van der Waals surface area contributed by atoms with Crippen LogP contribution in [0.4, 0.5) is 4.39 Å². The van der Waals surface area contributed by atoms with Crippen LogP contribution in [0.2, 0.25) is 0 Å². The van der Waals surface area contributed by atoms with Gasteiger partial charge in [-0.15, -0.1) is 0 Å². The lowest BCUT2D eigenvalue weighted by Gasteiger charge is -2.36. The molecule has 2 aromatic rings. The minimum Gasteiger partial charge on any atom is -0.338 e. The molecule has 4 nitrogen and oxygen atoms in total. The van der Waals surface area contributed by atoms with E-state index in [1.54, 1.807) is 12.1 Å². The van der Waals surface area contributed by atoms with Gasteiger partial charge in [-0.25, -0.2) is 4.39 Å². The number of rotatable bonds is 3. The zero-order valence-electron chi connectivity index (χ0n) is 12.4. The normalized spacial score (nSPS) is 21.4. The molecule has 1 unspecified atom stereocenters. The topological polar surface area (TPSA) is 51.0 Å². The molecule has 0 bridgehead atoms. The van der Waals surface area contributed by atoms with Gasteiger partial charge in [-0.05, 0) is 36.4 Å². The number of nitrogens with one attached hydrogen (secondary N) is 1. The van der Waals surface area contributed by atoms with E-state index in [2.05, 4.69) is 29.3 Å². The van der Waals surface area contributed by atoms with Gasteiger partial charge in [0.2, 0.25) is 5.89 Å². The first-order valence-electron chi connectivity index (χ1n) is 7.35. The Labute approximate surface area is 123 Å². The van der Waals surface area contributed by atoms with Crippen molar-refractivity contribution >= 4 is 0 Å². The van der Waals surface area contributed by atoms with Crippen LogP contribution in [-0.4, -0.2) is 16.7 Å². The molecule has 0 radical (unpaired) electrons. The number of nitrogens with zero attached hydrogens (tertiary/aromatic N) is 2. The monoisotopic (exact) mass is 289 g/mol. The van der Waals surface area contributed by atoms with Gasteiger partial charge >= 0.3 is 0 Å². The van der Waals surface area contributed by atoms with Crippen LogP contribution >= 0.6 is 0 Å². The van der Waals surface area contributed by atoms with Gasteiger partial charge in [0.25, 0.3) is 0 Å². The number of piperidine rings is 1. The summed E-state index contributed by atoms with van der Waals surface area (Å²) in [7, 11) is 0. The van der Waals surface area contributed by atoms with Gasteiger partial charge in [-0.3, -0.25) is 0 Å². The molecule has 1 fully saturated rings. The smallest absolute Gasteiger partial charge is 0.244 e. The van der Waals surface area contributed by atoms with Crippen LogP contribution < -0.4 is 5.32 Å². The van der Waals surface area contributed by atoms with Gasteiger partial charge < -0.3 is 9.84 Å². The first-order chi connectivity index (χ1) is 10.1. The highest BCUT2D eigenvalue weighted by atomic mass is 19.1. The van der Waals surface area contributed by atoms with Crippen molar-refractivity contribution in [1.82, 2.24) is 15.5 Å². The summed E-state index contributed by atoms with van der Waals surface area (Å²) in [4.78, 5) is 4.46.